The molecule has 0 radical (unpaired) electrons. The summed E-state index contributed by atoms with van der Waals surface area (Å²) in [4.78, 5) is 15.7. The van der Waals surface area contributed by atoms with E-state index in [1.807, 2.05) is 74.5 Å². The van der Waals surface area contributed by atoms with Crippen LogP contribution in [0.1, 0.15) is 35.6 Å². The van der Waals surface area contributed by atoms with Crippen molar-refractivity contribution in [2.75, 3.05) is 20.3 Å². The lowest BCUT2D eigenvalue weighted by Gasteiger charge is -2.22. The third-order valence-electron chi connectivity index (χ3n) is 5.64. The molecule has 0 saturated heterocycles. The molecule has 1 heterocycles. The van der Waals surface area contributed by atoms with E-state index in [4.69, 9.17) is 28.5 Å². The predicted octanol–water partition coefficient (Wildman–Crippen LogP) is 5.83. The average Bonchev–Trinajstić information content (AvgIpc) is 3.30. The Labute approximate surface area is 215 Å². The number of carboxylic acid groups (broad SMARTS) is 1. The lowest BCUT2D eigenvalue weighted by molar-refractivity contribution is -0.139. The van der Waals surface area contributed by atoms with E-state index in [2.05, 4.69) is 4.98 Å². The van der Waals surface area contributed by atoms with Crippen LogP contribution in [0.25, 0.3) is 11.5 Å². The second-order valence-corrected chi connectivity index (χ2v) is 8.17. The number of carbonyl (C=O) groups is 1. The van der Waals surface area contributed by atoms with E-state index in [-0.39, 0.29) is 6.61 Å². The zero-order chi connectivity index (χ0) is 26.2. The summed E-state index contributed by atoms with van der Waals surface area (Å²) in [6, 6.07) is 22.5. The highest BCUT2D eigenvalue weighted by Gasteiger charge is 2.21. The van der Waals surface area contributed by atoms with Crippen LogP contribution in [0.4, 0.5) is 0 Å². The maximum absolute atomic E-state index is 11.1. The molecule has 0 amide bonds. The Hall–Kier alpha value is -4.30. The lowest BCUT2D eigenvalue weighted by Crippen LogP contribution is -2.13. The van der Waals surface area contributed by atoms with Gasteiger partial charge in [-0.25, -0.2) is 9.78 Å². The second-order valence-electron chi connectivity index (χ2n) is 8.17. The molecule has 1 aromatic heterocycles. The normalized spacial score (nSPS) is 11.6. The number of oxazole rings is 1. The van der Waals surface area contributed by atoms with Crippen molar-refractivity contribution in [3.05, 3.63) is 95.4 Å². The highest BCUT2D eigenvalue weighted by molar-refractivity contribution is 5.68. The molecule has 192 valence electrons. The lowest BCUT2D eigenvalue weighted by atomic mass is 9.99. The summed E-state index contributed by atoms with van der Waals surface area (Å²) in [5.41, 5.74) is 3.12. The van der Waals surface area contributed by atoms with Crippen LogP contribution < -0.4 is 14.2 Å². The summed E-state index contributed by atoms with van der Waals surface area (Å²) in [6.45, 7) is 3.94. The van der Waals surface area contributed by atoms with Crippen molar-refractivity contribution < 1.29 is 33.3 Å². The molecule has 37 heavy (non-hydrogen) atoms. The number of aryl methyl sites for hydroxylation is 1. The summed E-state index contributed by atoms with van der Waals surface area (Å²) in [5.74, 6) is 1.73. The Morgan fingerprint density at radius 2 is 1.81 bits per heavy atom. The van der Waals surface area contributed by atoms with Gasteiger partial charge in [-0.3, -0.25) is 0 Å². The van der Waals surface area contributed by atoms with Crippen LogP contribution in [0, 0.1) is 6.92 Å². The van der Waals surface area contributed by atoms with Gasteiger partial charge in [0.15, 0.2) is 6.61 Å². The number of ether oxygens (including phenoxy) is 4. The maximum atomic E-state index is 11.1. The Bertz CT molecular complexity index is 1330. The molecule has 8 heteroatoms. The van der Waals surface area contributed by atoms with E-state index in [0.717, 1.165) is 11.1 Å². The average molecular weight is 504 g/mol. The molecular formula is C29H29NO7. The molecule has 1 atom stereocenters. The van der Waals surface area contributed by atoms with Crippen molar-refractivity contribution in [2.45, 2.75) is 26.6 Å². The van der Waals surface area contributed by atoms with Crippen molar-refractivity contribution in [2.24, 2.45) is 0 Å². The number of hydrogen-bond donors (Lipinski definition) is 1. The quantitative estimate of drug-likeness (QED) is 0.258. The Morgan fingerprint density at radius 3 is 2.54 bits per heavy atom. The number of carboxylic acids is 1. The molecule has 4 rings (SSSR count). The number of hydrogen-bond acceptors (Lipinski definition) is 7. The highest BCUT2D eigenvalue weighted by atomic mass is 16.5. The van der Waals surface area contributed by atoms with Crippen molar-refractivity contribution in [3.8, 4) is 28.7 Å². The SMILES string of the molecule is CCOC(c1cccc(OCc2nc(-c3ccccc3)oc2C)c1)c1ccc(OC)cc1OCC(=O)O. The first-order valence-electron chi connectivity index (χ1n) is 11.9. The van der Waals surface area contributed by atoms with Crippen LogP contribution in [0.2, 0.25) is 0 Å². The number of benzene rings is 3. The minimum Gasteiger partial charge on any atom is -0.497 e. The van der Waals surface area contributed by atoms with Gasteiger partial charge in [-0.05, 0) is 55.8 Å². The summed E-state index contributed by atoms with van der Waals surface area (Å²) in [6.07, 6.45) is -0.512. The third-order valence-corrected chi connectivity index (χ3v) is 5.64. The minimum absolute atomic E-state index is 0.237. The summed E-state index contributed by atoms with van der Waals surface area (Å²) >= 11 is 0. The van der Waals surface area contributed by atoms with Gasteiger partial charge in [-0.15, -0.1) is 0 Å². The molecule has 3 aromatic carbocycles. The number of aliphatic carboxylic acids is 1. The van der Waals surface area contributed by atoms with Crippen LogP contribution in [0.5, 0.6) is 17.2 Å². The van der Waals surface area contributed by atoms with Crippen molar-refractivity contribution in [1.29, 1.82) is 0 Å². The fourth-order valence-corrected chi connectivity index (χ4v) is 3.84. The van der Waals surface area contributed by atoms with Crippen LogP contribution in [-0.4, -0.2) is 36.4 Å². The number of nitrogens with zero attached hydrogens (tertiary/aromatic N) is 1. The van der Waals surface area contributed by atoms with Crippen LogP contribution in [0.15, 0.2) is 77.2 Å². The van der Waals surface area contributed by atoms with Crippen molar-refractivity contribution in [1.82, 2.24) is 4.98 Å². The third kappa shape index (κ3) is 6.48. The molecule has 1 unspecified atom stereocenters. The van der Waals surface area contributed by atoms with Gasteiger partial charge < -0.3 is 28.5 Å². The summed E-state index contributed by atoms with van der Waals surface area (Å²) in [7, 11) is 1.54. The highest BCUT2D eigenvalue weighted by Crippen LogP contribution is 2.37. The number of methoxy groups -OCH3 is 1. The standard InChI is InChI=1S/C29H29NO7/c1-4-34-28(24-14-13-22(33-3)16-26(24)36-18-27(31)32)21-11-8-12-23(15-21)35-17-25-19(2)37-29(30-25)20-9-6-5-7-10-20/h5-16,28H,4,17-18H2,1-3H3,(H,31,32). The molecule has 0 aliphatic heterocycles. The molecule has 0 bridgehead atoms. The van der Waals surface area contributed by atoms with Gasteiger partial charge in [-0.1, -0.05) is 30.3 Å². The molecular weight excluding hydrogens is 474 g/mol. The van der Waals surface area contributed by atoms with Crippen molar-refractivity contribution >= 4 is 5.97 Å². The van der Waals surface area contributed by atoms with Crippen molar-refractivity contribution in [3.63, 3.8) is 0 Å². The number of rotatable bonds is 12. The Kier molecular flexibility index (Phi) is 8.43. The van der Waals surface area contributed by atoms with Gasteiger partial charge in [0, 0.05) is 23.8 Å². The fourth-order valence-electron chi connectivity index (χ4n) is 3.84. The first-order chi connectivity index (χ1) is 18.0. The molecule has 0 aliphatic carbocycles. The van der Waals surface area contributed by atoms with Gasteiger partial charge >= 0.3 is 5.97 Å². The van der Waals surface area contributed by atoms with E-state index >= 15 is 0 Å². The number of aromatic nitrogens is 1. The van der Waals surface area contributed by atoms with Gasteiger partial charge in [-0.2, -0.15) is 0 Å². The summed E-state index contributed by atoms with van der Waals surface area (Å²) < 4.78 is 28.8. The summed E-state index contributed by atoms with van der Waals surface area (Å²) in [5, 5.41) is 9.11. The molecule has 1 N–H and O–H groups in total. The fraction of sp³-hybridized carbons (Fsp3) is 0.241. The Balaban J connectivity index is 1.56. The molecule has 0 fully saturated rings. The Morgan fingerprint density at radius 1 is 1.00 bits per heavy atom. The molecule has 0 aliphatic rings. The monoisotopic (exact) mass is 503 g/mol. The maximum Gasteiger partial charge on any atom is 0.341 e. The van der Waals surface area contributed by atoms with Gasteiger partial charge in [0.25, 0.3) is 0 Å². The molecule has 0 spiro atoms. The van der Waals surface area contributed by atoms with E-state index in [1.54, 1.807) is 12.1 Å². The van der Waals surface area contributed by atoms with Crippen LogP contribution in [-0.2, 0) is 16.1 Å². The molecule has 0 saturated carbocycles. The van der Waals surface area contributed by atoms with E-state index in [9.17, 15) is 4.79 Å². The van der Waals surface area contributed by atoms with Crippen LogP contribution in [0.3, 0.4) is 0 Å². The molecule has 8 nitrogen and oxygen atoms in total. The smallest absolute Gasteiger partial charge is 0.341 e. The predicted molar refractivity (Wildman–Crippen MR) is 137 cm³/mol. The first-order valence-corrected chi connectivity index (χ1v) is 11.9. The zero-order valence-corrected chi connectivity index (χ0v) is 21.0. The van der Waals surface area contributed by atoms with E-state index in [0.29, 0.717) is 46.8 Å². The van der Waals surface area contributed by atoms with Gasteiger partial charge in [0.05, 0.1) is 7.11 Å². The van der Waals surface area contributed by atoms with Crippen LogP contribution >= 0.6 is 0 Å². The zero-order valence-electron chi connectivity index (χ0n) is 21.0. The van der Waals surface area contributed by atoms with E-state index in [1.165, 1.54) is 7.11 Å². The van der Waals surface area contributed by atoms with Gasteiger partial charge in [0.1, 0.15) is 41.4 Å². The minimum atomic E-state index is -1.07. The largest absolute Gasteiger partial charge is 0.497 e. The topological polar surface area (TPSA) is 100 Å². The second kappa shape index (κ2) is 12.1. The first kappa shape index (κ1) is 25.8. The molecule has 4 aromatic rings. The van der Waals surface area contributed by atoms with Gasteiger partial charge in [0.2, 0.25) is 5.89 Å². The van der Waals surface area contributed by atoms with E-state index < -0.39 is 18.7 Å².